The van der Waals surface area contributed by atoms with Gasteiger partial charge in [-0.3, -0.25) is 14.7 Å². The lowest BCUT2D eigenvalue weighted by Crippen LogP contribution is -2.18. The van der Waals surface area contributed by atoms with Crippen molar-refractivity contribution in [2.45, 2.75) is 0 Å². The highest BCUT2D eigenvalue weighted by atomic mass is 35.5. The number of para-hydroxylation sites is 1. The Kier molecular flexibility index (Phi) is 4.31. The van der Waals surface area contributed by atoms with Crippen LogP contribution in [-0.4, -0.2) is 22.0 Å². The zero-order chi connectivity index (χ0) is 17.1. The maximum Gasteiger partial charge on any atom is 0.273 e. The van der Waals surface area contributed by atoms with Gasteiger partial charge in [-0.25, -0.2) is 0 Å². The number of carbonyl (C=O) groups is 2. The van der Waals surface area contributed by atoms with Crippen molar-refractivity contribution < 1.29 is 9.59 Å². The molecule has 0 radical (unpaired) electrons. The van der Waals surface area contributed by atoms with Crippen molar-refractivity contribution in [1.29, 1.82) is 0 Å². The predicted molar refractivity (Wildman–Crippen MR) is 91.9 cm³/mol. The lowest BCUT2D eigenvalue weighted by Gasteiger charge is -2.07. The third kappa shape index (κ3) is 3.28. The van der Waals surface area contributed by atoms with E-state index in [9.17, 15) is 9.59 Å². The van der Waals surface area contributed by atoms with Crippen molar-refractivity contribution in [3.63, 3.8) is 0 Å². The van der Waals surface area contributed by atoms with E-state index in [4.69, 9.17) is 17.3 Å². The van der Waals surface area contributed by atoms with Gasteiger partial charge in [0, 0.05) is 10.6 Å². The minimum Gasteiger partial charge on any atom is -0.366 e. The number of primary amides is 1. The number of anilines is 1. The summed E-state index contributed by atoms with van der Waals surface area (Å²) in [6, 6.07) is 15.3. The second-order valence-electron chi connectivity index (χ2n) is 5.04. The number of halogens is 1. The molecule has 0 aliphatic carbocycles. The van der Waals surface area contributed by atoms with Crippen LogP contribution in [0.15, 0.2) is 54.6 Å². The van der Waals surface area contributed by atoms with Gasteiger partial charge in [0.15, 0.2) is 0 Å². The van der Waals surface area contributed by atoms with E-state index in [0.29, 0.717) is 16.4 Å². The molecule has 0 aliphatic rings. The molecule has 0 fully saturated rings. The maximum atomic E-state index is 12.3. The molecule has 24 heavy (non-hydrogen) atoms. The number of carbonyl (C=O) groups excluding carboxylic acids is 2. The van der Waals surface area contributed by atoms with Crippen LogP contribution < -0.4 is 11.1 Å². The molecule has 6 nitrogen and oxygen atoms in total. The van der Waals surface area contributed by atoms with Crippen molar-refractivity contribution in [2.24, 2.45) is 5.73 Å². The van der Waals surface area contributed by atoms with Crippen LogP contribution in [0.3, 0.4) is 0 Å². The molecule has 0 saturated carbocycles. The van der Waals surface area contributed by atoms with Gasteiger partial charge in [-0.1, -0.05) is 35.9 Å². The molecule has 3 rings (SSSR count). The molecule has 2 aromatic carbocycles. The molecule has 3 aromatic rings. The second kappa shape index (κ2) is 6.55. The van der Waals surface area contributed by atoms with Crippen molar-refractivity contribution in [1.82, 2.24) is 10.2 Å². The zero-order valence-electron chi connectivity index (χ0n) is 12.4. The summed E-state index contributed by atoms with van der Waals surface area (Å²) < 4.78 is 0. The lowest BCUT2D eigenvalue weighted by atomic mass is 10.1. The molecule has 120 valence electrons. The standard InChI is InChI=1S/C17H13ClN4O2/c18-11-5-3-4-10(8-11)14-9-15(22-21-14)17(24)20-13-7-2-1-6-12(13)16(19)23/h1-9H,(H2,19,23)(H,20,24)(H,21,22). The first-order valence-corrected chi connectivity index (χ1v) is 7.44. The van der Waals surface area contributed by atoms with Crippen LogP contribution in [0, 0.1) is 0 Å². The molecular weight excluding hydrogens is 328 g/mol. The van der Waals surface area contributed by atoms with Gasteiger partial charge < -0.3 is 11.1 Å². The molecule has 1 aromatic heterocycles. The monoisotopic (exact) mass is 340 g/mol. The van der Waals surface area contributed by atoms with Crippen molar-refractivity contribution in [3.8, 4) is 11.3 Å². The molecule has 0 spiro atoms. The second-order valence-corrected chi connectivity index (χ2v) is 5.48. The van der Waals surface area contributed by atoms with Gasteiger partial charge >= 0.3 is 0 Å². The number of nitrogens with two attached hydrogens (primary N) is 1. The van der Waals surface area contributed by atoms with Crippen molar-refractivity contribution in [2.75, 3.05) is 5.32 Å². The van der Waals surface area contributed by atoms with E-state index in [0.717, 1.165) is 5.56 Å². The van der Waals surface area contributed by atoms with E-state index in [1.54, 1.807) is 48.5 Å². The quantitative estimate of drug-likeness (QED) is 0.680. The molecule has 0 atom stereocenters. The Hall–Kier alpha value is -3.12. The zero-order valence-corrected chi connectivity index (χ0v) is 13.2. The minimum atomic E-state index is -0.616. The molecule has 4 N–H and O–H groups in total. The normalized spacial score (nSPS) is 10.4. The van der Waals surface area contributed by atoms with Crippen LogP contribution in [0.1, 0.15) is 20.8 Å². The van der Waals surface area contributed by atoms with Gasteiger partial charge in [0.25, 0.3) is 11.8 Å². The number of hydrogen-bond acceptors (Lipinski definition) is 3. The summed E-state index contributed by atoms with van der Waals surface area (Å²) in [6.07, 6.45) is 0. The molecule has 1 heterocycles. The third-order valence-corrected chi connectivity index (χ3v) is 3.62. The number of amides is 2. The first kappa shape index (κ1) is 15.8. The summed E-state index contributed by atoms with van der Waals surface area (Å²) in [5.74, 6) is -1.04. The number of H-pyrrole nitrogens is 1. The van der Waals surface area contributed by atoms with Crippen LogP contribution in [0.5, 0.6) is 0 Å². The summed E-state index contributed by atoms with van der Waals surface area (Å²) in [6.45, 7) is 0. The van der Waals surface area contributed by atoms with Crippen LogP contribution >= 0.6 is 11.6 Å². The highest BCUT2D eigenvalue weighted by Crippen LogP contribution is 2.22. The van der Waals surface area contributed by atoms with E-state index in [1.165, 1.54) is 0 Å². The highest BCUT2D eigenvalue weighted by Gasteiger charge is 2.14. The smallest absolute Gasteiger partial charge is 0.273 e. The van der Waals surface area contributed by atoms with Gasteiger partial charge in [0.2, 0.25) is 0 Å². The third-order valence-electron chi connectivity index (χ3n) is 3.38. The molecule has 2 amide bonds. The fraction of sp³-hybridized carbons (Fsp3) is 0. The summed E-state index contributed by atoms with van der Waals surface area (Å²) in [5.41, 5.74) is 7.51. The van der Waals surface area contributed by atoms with Gasteiger partial charge in [-0.15, -0.1) is 0 Å². The van der Waals surface area contributed by atoms with Gasteiger partial charge in [0.1, 0.15) is 5.69 Å². The van der Waals surface area contributed by atoms with Crippen LogP contribution in [0.25, 0.3) is 11.3 Å². The van der Waals surface area contributed by atoms with Crippen molar-refractivity contribution >= 4 is 29.1 Å². The van der Waals surface area contributed by atoms with Gasteiger partial charge in [0.05, 0.1) is 16.9 Å². The maximum absolute atomic E-state index is 12.3. The fourth-order valence-corrected chi connectivity index (χ4v) is 2.42. The Labute approximate surface area is 142 Å². The van der Waals surface area contributed by atoms with E-state index in [1.807, 2.05) is 6.07 Å². The summed E-state index contributed by atoms with van der Waals surface area (Å²) in [7, 11) is 0. The Morgan fingerprint density at radius 2 is 1.88 bits per heavy atom. The SMILES string of the molecule is NC(=O)c1ccccc1NC(=O)c1cc(-c2cccc(Cl)c2)n[nH]1. The van der Waals surface area contributed by atoms with E-state index >= 15 is 0 Å². The largest absolute Gasteiger partial charge is 0.366 e. The van der Waals surface area contributed by atoms with Gasteiger partial charge in [-0.05, 0) is 30.3 Å². The van der Waals surface area contributed by atoms with E-state index < -0.39 is 11.8 Å². The number of aromatic nitrogens is 2. The first-order valence-electron chi connectivity index (χ1n) is 7.06. The summed E-state index contributed by atoms with van der Waals surface area (Å²) in [5, 5.41) is 10.0. The van der Waals surface area contributed by atoms with Crippen LogP contribution in [0.2, 0.25) is 5.02 Å². The highest BCUT2D eigenvalue weighted by molar-refractivity contribution is 6.30. The summed E-state index contributed by atoms with van der Waals surface area (Å²) >= 11 is 5.96. The first-order chi connectivity index (χ1) is 11.5. The molecule has 0 aliphatic heterocycles. The topological polar surface area (TPSA) is 101 Å². The number of nitrogens with zero attached hydrogens (tertiary/aromatic N) is 1. The molecule has 0 unspecified atom stereocenters. The lowest BCUT2D eigenvalue weighted by molar-refractivity contribution is 0.100. The van der Waals surface area contributed by atoms with E-state index in [-0.39, 0.29) is 11.3 Å². The molecule has 0 saturated heterocycles. The average Bonchev–Trinajstić information content (AvgIpc) is 3.05. The number of hydrogen-bond donors (Lipinski definition) is 3. The number of benzene rings is 2. The number of rotatable bonds is 4. The van der Waals surface area contributed by atoms with Gasteiger partial charge in [-0.2, -0.15) is 5.10 Å². The number of nitrogens with one attached hydrogen (secondary N) is 2. The minimum absolute atomic E-state index is 0.237. The average molecular weight is 341 g/mol. The fourth-order valence-electron chi connectivity index (χ4n) is 2.23. The number of aromatic amines is 1. The molecule has 0 bridgehead atoms. The Bertz CT molecular complexity index is 920. The van der Waals surface area contributed by atoms with E-state index in [2.05, 4.69) is 15.5 Å². The van der Waals surface area contributed by atoms with Crippen molar-refractivity contribution in [3.05, 3.63) is 70.9 Å². The summed E-state index contributed by atoms with van der Waals surface area (Å²) in [4.78, 5) is 23.7. The Morgan fingerprint density at radius 1 is 1.08 bits per heavy atom. The molecular formula is C17H13ClN4O2. The predicted octanol–water partition coefficient (Wildman–Crippen LogP) is 3.08. The van der Waals surface area contributed by atoms with Crippen LogP contribution in [-0.2, 0) is 0 Å². The Balaban J connectivity index is 1.83. The Morgan fingerprint density at radius 3 is 2.62 bits per heavy atom. The van der Waals surface area contributed by atoms with Crippen LogP contribution in [0.4, 0.5) is 5.69 Å². The molecule has 7 heteroatoms.